The number of aromatic nitrogens is 4. The highest BCUT2D eigenvalue weighted by molar-refractivity contribution is 5.91. The highest BCUT2D eigenvalue weighted by Crippen LogP contribution is 2.25. The van der Waals surface area contributed by atoms with Gasteiger partial charge in [0.05, 0.1) is 17.8 Å². The number of anilines is 1. The van der Waals surface area contributed by atoms with E-state index in [2.05, 4.69) is 40.8 Å². The van der Waals surface area contributed by atoms with Gasteiger partial charge in [0, 0.05) is 50.3 Å². The average Bonchev–Trinajstić information content (AvgIpc) is 3.50. The van der Waals surface area contributed by atoms with Crippen molar-refractivity contribution in [1.29, 1.82) is 0 Å². The van der Waals surface area contributed by atoms with Crippen LogP contribution in [0.25, 0.3) is 27.2 Å². The zero-order chi connectivity index (χ0) is 25.1. The van der Waals surface area contributed by atoms with Gasteiger partial charge in [0.15, 0.2) is 5.69 Å². The van der Waals surface area contributed by atoms with Crippen LogP contribution in [0, 0.1) is 13.5 Å². The minimum Gasteiger partial charge on any atom is -0.431 e. The minimum atomic E-state index is -0.644. The second-order valence-electron chi connectivity index (χ2n) is 9.01. The quantitative estimate of drug-likeness (QED) is 0.289. The molecule has 3 aromatic heterocycles. The summed E-state index contributed by atoms with van der Waals surface area (Å²) >= 11 is 0. The number of carbonyl (C=O) groups excluding carboxylic acids is 1. The van der Waals surface area contributed by atoms with E-state index < -0.39 is 5.91 Å². The number of oxazole rings is 1. The monoisotopic (exact) mass is 484 g/mol. The first-order valence-electron chi connectivity index (χ1n) is 12.1. The summed E-state index contributed by atoms with van der Waals surface area (Å²) in [4.78, 5) is 36.1. The van der Waals surface area contributed by atoms with E-state index in [0.717, 1.165) is 62.9 Å². The van der Waals surface area contributed by atoms with Gasteiger partial charge in [0.25, 0.3) is 5.91 Å². The summed E-state index contributed by atoms with van der Waals surface area (Å²) in [6, 6.07) is 5.82. The van der Waals surface area contributed by atoms with Crippen LogP contribution in [0.1, 0.15) is 34.7 Å². The molecule has 0 unspecified atom stereocenters. The van der Waals surface area contributed by atoms with Gasteiger partial charge in [0.2, 0.25) is 17.6 Å². The lowest BCUT2D eigenvalue weighted by molar-refractivity contribution is 0.0974. The molecule has 3 N–H and O–H groups in total. The van der Waals surface area contributed by atoms with Crippen LogP contribution in [0.5, 0.6) is 0 Å². The SMILES string of the molecule is [C-]#[N+]c1ccc2[nH]cc(CCCCN3CCN(c4ncc(-c5nc(C)c(C(N)=O)o5)cn4)CC3)c2c1. The third-order valence-corrected chi connectivity index (χ3v) is 6.61. The first-order chi connectivity index (χ1) is 17.5. The van der Waals surface area contributed by atoms with Gasteiger partial charge in [-0.05, 0) is 55.8 Å². The third kappa shape index (κ3) is 4.92. The van der Waals surface area contributed by atoms with Crippen LogP contribution < -0.4 is 10.6 Å². The number of piperazine rings is 1. The van der Waals surface area contributed by atoms with E-state index in [1.807, 2.05) is 18.2 Å². The zero-order valence-electron chi connectivity index (χ0n) is 20.2. The standard InChI is InChI=1S/C26H28N8O2/c1-17-23(24(27)35)36-25(32-17)19-15-30-26(31-16-19)34-11-9-33(10-12-34)8-4-3-5-18-14-29-22-7-6-20(28-2)13-21(18)22/h6-7,13-16,29H,3-5,8-12H2,1H3,(H2,27,35). The molecule has 184 valence electrons. The maximum Gasteiger partial charge on any atom is 0.286 e. The number of hydrogen-bond donors (Lipinski definition) is 2. The summed E-state index contributed by atoms with van der Waals surface area (Å²) in [5.41, 5.74) is 9.42. The van der Waals surface area contributed by atoms with Gasteiger partial charge in [-0.25, -0.2) is 19.8 Å². The first kappa shape index (κ1) is 23.5. The molecule has 4 heterocycles. The van der Waals surface area contributed by atoms with Gasteiger partial charge in [-0.3, -0.25) is 9.69 Å². The molecule has 0 aliphatic carbocycles. The number of rotatable bonds is 8. The lowest BCUT2D eigenvalue weighted by atomic mass is 10.1. The molecule has 0 spiro atoms. The number of nitrogens with zero attached hydrogens (tertiary/aromatic N) is 6. The van der Waals surface area contributed by atoms with Gasteiger partial charge >= 0.3 is 0 Å². The Labute approximate surface area is 209 Å². The second-order valence-corrected chi connectivity index (χ2v) is 9.01. The molecule has 1 aliphatic heterocycles. The second kappa shape index (κ2) is 10.2. The normalized spacial score (nSPS) is 14.3. The number of nitrogens with one attached hydrogen (secondary N) is 1. The third-order valence-electron chi connectivity index (χ3n) is 6.61. The zero-order valence-corrected chi connectivity index (χ0v) is 20.2. The smallest absolute Gasteiger partial charge is 0.286 e. The van der Waals surface area contributed by atoms with E-state index in [4.69, 9.17) is 16.7 Å². The van der Waals surface area contributed by atoms with E-state index in [9.17, 15) is 4.79 Å². The van der Waals surface area contributed by atoms with Crippen molar-refractivity contribution in [2.24, 2.45) is 5.73 Å². The molecule has 10 nitrogen and oxygen atoms in total. The number of aryl methyl sites for hydroxylation is 2. The van der Waals surface area contributed by atoms with Crippen molar-refractivity contribution < 1.29 is 9.21 Å². The molecule has 5 rings (SSSR count). The Morgan fingerprint density at radius 3 is 2.67 bits per heavy atom. The number of H-pyrrole nitrogens is 1. The van der Waals surface area contributed by atoms with Crippen LogP contribution >= 0.6 is 0 Å². The average molecular weight is 485 g/mol. The fraction of sp³-hybridized carbons (Fsp3) is 0.346. The number of hydrogen-bond acceptors (Lipinski definition) is 7. The van der Waals surface area contributed by atoms with Crippen molar-refractivity contribution in [1.82, 2.24) is 24.8 Å². The number of carbonyl (C=O) groups is 1. The molecule has 0 saturated carbocycles. The Morgan fingerprint density at radius 1 is 1.19 bits per heavy atom. The van der Waals surface area contributed by atoms with Crippen molar-refractivity contribution in [2.75, 3.05) is 37.6 Å². The van der Waals surface area contributed by atoms with E-state index in [-0.39, 0.29) is 11.7 Å². The van der Waals surface area contributed by atoms with Crippen LogP contribution in [-0.2, 0) is 6.42 Å². The number of unbranched alkanes of at least 4 members (excludes halogenated alkanes) is 1. The van der Waals surface area contributed by atoms with Crippen LogP contribution in [0.4, 0.5) is 11.6 Å². The molecule has 36 heavy (non-hydrogen) atoms. The molecule has 1 amide bonds. The number of nitrogens with two attached hydrogens (primary N) is 1. The van der Waals surface area contributed by atoms with Crippen molar-refractivity contribution >= 4 is 28.4 Å². The summed E-state index contributed by atoms with van der Waals surface area (Å²) in [6.45, 7) is 13.6. The number of fused-ring (bicyclic) bond motifs is 1. The molecule has 0 atom stereocenters. The molecule has 1 saturated heterocycles. The Bertz CT molecular complexity index is 1410. The number of benzene rings is 1. The molecule has 1 aliphatic rings. The lowest BCUT2D eigenvalue weighted by Crippen LogP contribution is -2.47. The van der Waals surface area contributed by atoms with Crippen molar-refractivity contribution in [3.8, 4) is 11.5 Å². The largest absolute Gasteiger partial charge is 0.431 e. The molecule has 1 aromatic carbocycles. The summed E-state index contributed by atoms with van der Waals surface area (Å²) in [7, 11) is 0. The van der Waals surface area contributed by atoms with Crippen LogP contribution in [-0.4, -0.2) is 63.5 Å². The number of amides is 1. The van der Waals surface area contributed by atoms with Gasteiger partial charge < -0.3 is 20.0 Å². The predicted molar refractivity (Wildman–Crippen MR) is 137 cm³/mol. The highest BCUT2D eigenvalue weighted by Gasteiger charge is 2.20. The molecule has 0 radical (unpaired) electrons. The fourth-order valence-corrected chi connectivity index (χ4v) is 4.61. The molecular formula is C26H28N8O2. The summed E-state index contributed by atoms with van der Waals surface area (Å²) < 4.78 is 5.46. The predicted octanol–water partition coefficient (Wildman–Crippen LogP) is 3.72. The summed E-state index contributed by atoms with van der Waals surface area (Å²) in [6.07, 6.45) is 8.64. The lowest BCUT2D eigenvalue weighted by Gasteiger charge is -2.34. The topological polar surface area (TPSA) is 122 Å². The molecule has 0 bridgehead atoms. The van der Waals surface area contributed by atoms with Gasteiger partial charge in [-0.1, -0.05) is 6.07 Å². The van der Waals surface area contributed by atoms with Crippen LogP contribution in [0.15, 0.2) is 41.2 Å². The number of primary amides is 1. The highest BCUT2D eigenvalue weighted by atomic mass is 16.4. The molecule has 10 heteroatoms. The van der Waals surface area contributed by atoms with Crippen LogP contribution in [0.3, 0.4) is 0 Å². The van der Waals surface area contributed by atoms with Crippen molar-refractivity contribution in [3.63, 3.8) is 0 Å². The van der Waals surface area contributed by atoms with E-state index in [0.29, 0.717) is 22.9 Å². The van der Waals surface area contributed by atoms with E-state index in [1.54, 1.807) is 19.3 Å². The minimum absolute atomic E-state index is 0.0564. The first-order valence-corrected chi connectivity index (χ1v) is 12.1. The Balaban J connectivity index is 1.09. The van der Waals surface area contributed by atoms with Gasteiger partial charge in [0.1, 0.15) is 0 Å². The Morgan fingerprint density at radius 2 is 1.97 bits per heavy atom. The van der Waals surface area contributed by atoms with E-state index >= 15 is 0 Å². The fourth-order valence-electron chi connectivity index (χ4n) is 4.61. The Kier molecular flexibility index (Phi) is 6.64. The van der Waals surface area contributed by atoms with Gasteiger partial charge in [-0.15, -0.1) is 0 Å². The summed E-state index contributed by atoms with van der Waals surface area (Å²) in [5.74, 6) is 0.378. The molecular weight excluding hydrogens is 456 g/mol. The van der Waals surface area contributed by atoms with E-state index in [1.165, 1.54) is 5.56 Å². The summed E-state index contributed by atoms with van der Waals surface area (Å²) in [5, 5.41) is 1.16. The Hall–Kier alpha value is -4.23. The van der Waals surface area contributed by atoms with Crippen molar-refractivity contribution in [2.45, 2.75) is 26.2 Å². The number of aromatic amines is 1. The maximum atomic E-state index is 11.4. The molecule has 4 aromatic rings. The van der Waals surface area contributed by atoms with Crippen molar-refractivity contribution in [3.05, 3.63) is 65.2 Å². The van der Waals surface area contributed by atoms with Gasteiger partial charge in [-0.2, -0.15) is 0 Å². The molecule has 1 fully saturated rings. The maximum absolute atomic E-state index is 11.4. The van der Waals surface area contributed by atoms with Crippen LogP contribution in [0.2, 0.25) is 0 Å².